The minimum absolute atomic E-state index is 0.195. The van der Waals surface area contributed by atoms with E-state index in [0.29, 0.717) is 0 Å². The van der Waals surface area contributed by atoms with Gasteiger partial charge in [0, 0.05) is 10.1 Å². The number of rotatable bonds is 4. The van der Waals surface area contributed by atoms with Gasteiger partial charge >= 0.3 is 5.97 Å². The first kappa shape index (κ1) is 13.3. The fourth-order valence-corrected chi connectivity index (χ4v) is 3.51. The fourth-order valence-electron chi connectivity index (χ4n) is 2.30. The Bertz CT molecular complexity index is 482. The third-order valence-electron chi connectivity index (χ3n) is 3.35. The number of benzene rings is 1. The summed E-state index contributed by atoms with van der Waals surface area (Å²) in [5.74, 6) is -0.308. The number of esters is 1. The number of ether oxygens (including phenoxy) is 1. The predicted molar refractivity (Wildman–Crippen MR) is 71.0 cm³/mol. The van der Waals surface area contributed by atoms with Crippen LogP contribution in [0.5, 0.6) is 0 Å². The van der Waals surface area contributed by atoms with Gasteiger partial charge in [-0.05, 0) is 49.4 Å². The lowest BCUT2D eigenvalue weighted by Gasteiger charge is -2.11. The lowest BCUT2D eigenvalue weighted by molar-refractivity contribution is -0.140. The summed E-state index contributed by atoms with van der Waals surface area (Å²) in [6.45, 7) is 1.82. The summed E-state index contributed by atoms with van der Waals surface area (Å²) in [5.41, 5.74) is 2.68. The molecule has 1 aromatic rings. The topological polar surface area (TPSA) is 43.4 Å². The van der Waals surface area contributed by atoms with Gasteiger partial charge in [-0.15, -0.1) is 0 Å². The van der Waals surface area contributed by atoms with Crippen molar-refractivity contribution >= 4 is 16.8 Å². The number of methoxy groups -OCH3 is 1. The molecule has 0 bridgehead atoms. The van der Waals surface area contributed by atoms with Crippen LogP contribution in [0.4, 0.5) is 0 Å². The van der Waals surface area contributed by atoms with Crippen molar-refractivity contribution in [2.75, 3.05) is 7.11 Å². The molecule has 0 N–H and O–H groups in total. The minimum atomic E-state index is -1.14. The van der Waals surface area contributed by atoms with Crippen LogP contribution < -0.4 is 0 Å². The van der Waals surface area contributed by atoms with E-state index >= 15 is 0 Å². The largest absolute Gasteiger partial charge is 0.469 e. The van der Waals surface area contributed by atoms with E-state index in [1.165, 1.54) is 24.7 Å². The minimum Gasteiger partial charge on any atom is -0.469 e. The molecule has 98 valence electrons. The highest BCUT2D eigenvalue weighted by Gasteiger charge is 2.19. The second-order valence-electron chi connectivity index (χ2n) is 4.67. The zero-order chi connectivity index (χ0) is 13.1. The van der Waals surface area contributed by atoms with Gasteiger partial charge in [0.05, 0.1) is 24.3 Å². The van der Waals surface area contributed by atoms with Crippen LogP contribution in [0.1, 0.15) is 30.9 Å². The van der Waals surface area contributed by atoms with E-state index in [-0.39, 0.29) is 17.6 Å². The normalized spacial score (nSPS) is 17.0. The molecule has 3 nitrogen and oxygen atoms in total. The summed E-state index contributed by atoms with van der Waals surface area (Å²) in [6, 6.07) is 6.03. The van der Waals surface area contributed by atoms with Gasteiger partial charge in [0.2, 0.25) is 0 Å². The summed E-state index contributed by atoms with van der Waals surface area (Å²) in [4.78, 5) is 12.0. The van der Waals surface area contributed by atoms with Gasteiger partial charge in [0.15, 0.2) is 0 Å². The number of hydrogen-bond acceptors (Lipinski definition) is 3. The maximum atomic E-state index is 12.3. The number of fused-ring (bicyclic) bond motifs is 1. The Balaban J connectivity index is 2.11. The molecule has 1 aromatic carbocycles. The Kier molecular flexibility index (Phi) is 4.17. The van der Waals surface area contributed by atoms with Crippen molar-refractivity contribution in [1.82, 2.24) is 0 Å². The van der Waals surface area contributed by atoms with Crippen LogP contribution in [-0.4, -0.2) is 22.5 Å². The highest BCUT2D eigenvalue weighted by molar-refractivity contribution is 7.85. The van der Waals surface area contributed by atoms with Crippen molar-refractivity contribution in [3.05, 3.63) is 29.3 Å². The Morgan fingerprint density at radius 1 is 1.39 bits per heavy atom. The number of carbonyl (C=O) groups is 1. The van der Waals surface area contributed by atoms with Gasteiger partial charge in [-0.25, -0.2) is 0 Å². The van der Waals surface area contributed by atoms with Crippen molar-refractivity contribution in [2.24, 2.45) is 0 Å². The molecule has 2 unspecified atom stereocenters. The van der Waals surface area contributed by atoms with Gasteiger partial charge in [-0.3, -0.25) is 9.00 Å². The van der Waals surface area contributed by atoms with E-state index in [1.807, 2.05) is 19.1 Å². The van der Waals surface area contributed by atoms with E-state index in [1.54, 1.807) is 0 Å². The monoisotopic (exact) mass is 266 g/mol. The SMILES string of the molecule is COC(=O)CC(C)S(=O)c1ccc2c(c1)CCC2. The number of carbonyl (C=O) groups excluding carboxylic acids is 1. The van der Waals surface area contributed by atoms with Crippen LogP contribution in [-0.2, 0) is 33.2 Å². The second kappa shape index (κ2) is 5.65. The van der Waals surface area contributed by atoms with Crippen LogP contribution in [0.2, 0.25) is 0 Å². The van der Waals surface area contributed by atoms with E-state index in [4.69, 9.17) is 0 Å². The molecular weight excluding hydrogens is 248 g/mol. The smallest absolute Gasteiger partial charge is 0.306 e. The van der Waals surface area contributed by atoms with Crippen molar-refractivity contribution in [3.63, 3.8) is 0 Å². The molecule has 0 heterocycles. The van der Waals surface area contributed by atoms with Gasteiger partial charge < -0.3 is 4.74 Å². The Labute approximate surface area is 110 Å². The maximum Gasteiger partial charge on any atom is 0.306 e. The first-order valence-electron chi connectivity index (χ1n) is 6.21. The lowest BCUT2D eigenvalue weighted by atomic mass is 10.1. The molecule has 1 aliphatic rings. The molecule has 2 rings (SSSR count). The van der Waals surface area contributed by atoms with E-state index < -0.39 is 10.8 Å². The molecule has 0 amide bonds. The molecule has 2 atom stereocenters. The zero-order valence-electron chi connectivity index (χ0n) is 10.8. The van der Waals surface area contributed by atoms with Gasteiger partial charge in [0.1, 0.15) is 0 Å². The van der Waals surface area contributed by atoms with E-state index in [2.05, 4.69) is 10.8 Å². The van der Waals surface area contributed by atoms with Crippen molar-refractivity contribution in [2.45, 2.75) is 42.8 Å². The van der Waals surface area contributed by atoms with E-state index in [9.17, 15) is 9.00 Å². The van der Waals surface area contributed by atoms with Crippen molar-refractivity contribution < 1.29 is 13.7 Å². The molecular formula is C14H18O3S. The molecule has 0 spiro atoms. The molecule has 0 fully saturated rings. The van der Waals surface area contributed by atoms with Crippen LogP contribution >= 0.6 is 0 Å². The fraction of sp³-hybridized carbons (Fsp3) is 0.500. The standard InChI is InChI=1S/C14H18O3S/c1-10(8-14(15)17-2)18(16)13-7-6-11-4-3-5-12(11)9-13/h6-7,9-10H,3-5,8H2,1-2H3. The highest BCUT2D eigenvalue weighted by atomic mass is 32.2. The predicted octanol–water partition coefficient (Wildman–Crippen LogP) is 2.23. The number of aryl methyl sites for hydroxylation is 2. The van der Waals surface area contributed by atoms with Gasteiger partial charge in [-0.2, -0.15) is 0 Å². The Morgan fingerprint density at radius 3 is 2.83 bits per heavy atom. The first-order chi connectivity index (χ1) is 8.61. The molecule has 4 heteroatoms. The van der Waals surface area contributed by atoms with Crippen LogP contribution in [0.15, 0.2) is 23.1 Å². The van der Waals surface area contributed by atoms with Crippen LogP contribution in [0, 0.1) is 0 Å². The highest BCUT2D eigenvalue weighted by Crippen LogP contribution is 2.25. The molecule has 0 saturated carbocycles. The van der Waals surface area contributed by atoms with Crippen LogP contribution in [0.3, 0.4) is 0 Å². The van der Waals surface area contributed by atoms with Crippen molar-refractivity contribution in [3.8, 4) is 0 Å². The molecule has 0 aliphatic heterocycles. The van der Waals surface area contributed by atoms with E-state index in [0.717, 1.165) is 17.7 Å². The molecule has 0 saturated heterocycles. The lowest BCUT2D eigenvalue weighted by Crippen LogP contribution is -2.17. The molecule has 0 radical (unpaired) electrons. The Hall–Kier alpha value is -1.16. The number of hydrogen-bond donors (Lipinski definition) is 0. The summed E-state index contributed by atoms with van der Waals surface area (Å²) in [7, 11) is 0.211. The zero-order valence-corrected chi connectivity index (χ0v) is 11.6. The average Bonchev–Trinajstić information content (AvgIpc) is 2.84. The van der Waals surface area contributed by atoms with Gasteiger partial charge in [-0.1, -0.05) is 6.07 Å². The molecule has 18 heavy (non-hydrogen) atoms. The quantitative estimate of drug-likeness (QED) is 0.785. The van der Waals surface area contributed by atoms with Gasteiger partial charge in [0.25, 0.3) is 0 Å². The van der Waals surface area contributed by atoms with Crippen molar-refractivity contribution in [1.29, 1.82) is 0 Å². The third kappa shape index (κ3) is 2.80. The summed E-state index contributed by atoms with van der Waals surface area (Å²) in [5, 5.41) is -0.211. The van der Waals surface area contributed by atoms with Crippen LogP contribution in [0.25, 0.3) is 0 Å². The summed E-state index contributed by atoms with van der Waals surface area (Å²) in [6.07, 6.45) is 3.58. The molecule has 1 aliphatic carbocycles. The second-order valence-corrected chi connectivity index (χ2v) is 6.54. The maximum absolute atomic E-state index is 12.3. The Morgan fingerprint density at radius 2 is 2.11 bits per heavy atom. The first-order valence-corrected chi connectivity index (χ1v) is 7.42. The summed E-state index contributed by atoms with van der Waals surface area (Å²) < 4.78 is 16.9. The molecule has 0 aromatic heterocycles. The average molecular weight is 266 g/mol. The third-order valence-corrected chi connectivity index (χ3v) is 4.97. The summed E-state index contributed by atoms with van der Waals surface area (Å²) >= 11 is 0.